The molecule has 2 saturated heterocycles. The van der Waals surface area contributed by atoms with Gasteiger partial charge < -0.3 is 15.5 Å². The number of likely N-dealkylation sites (tertiary alicyclic amines) is 2. The molecular formula is C17H32F3N5. The zero-order valence-corrected chi connectivity index (χ0v) is 15.2. The lowest BCUT2D eigenvalue weighted by Crippen LogP contribution is -2.45. The molecule has 0 bridgehead atoms. The number of halogens is 3. The van der Waals surface area contributed by atoms with Gasteiger partial charge in [0.05, 0.1) is 13.1 Å². The Balaban J connectivity index is 1.75. The first-order chi connectivity index (χ1) is 12.0. The summed E-state index contributed by atoms with van der Waals surface area (Å²) in [4.78, 5) is 8.53. The van der Waals surface area contributed by atoms with Crippen LogP contribution >= 0.6 is 0 Å². The van der Waals surface area contributed by atoms with E-state index in [0.717, 1.165) is 32.1 Å². The minimum Gasteiger partial charge on any atom is -0.357 e. The lowest BCUT2D eigenvalue weighted by atomic mass is 10.2. The van der Waals surface area contributed by atoms with E-state index in [1.807, 2.05) is 6.92 Å². The van der Waals surface area contributed by atoms with Crippen LogP contribution in [0.15, 0.2) is 4.99 Å². The first kappa shape index (κ1) is 20.3. The zero-order chi connectivity index (χ0) is 18.1. The molecule has 5 nitrogen and oxygen atoms in total. The number of hydrogen-bond donors (Lipinski definition) is 2. The molecule has 1 atom stereocenters. The average Bonchev–Trinajstić information content (AvgIpc) is 2.79. The van der Waals surface area contributed by atoms with Gasteiger partial charge in [0.15, 0.2) is 5.96 Å². The Morgan fingerprint density at radius 2 is 1.80 bits per heavy atom. The molecule has 2 aliphatic heterocycles. The van der Waals surface area contributed by atoms with Crippen LogP contribution in [-0.2, 0) is 0 Å². The molecule has 146 valence electrons. The Morgan fingerprint density at radius 3 is 2.44 bits per heavy atom. The summed E-state index contributed by atoms with van der Waals surface area (Å²) in [5.74, 6) is 0.719. The van der Waals surface area contributed by atoms with Crippen LogP contribution in [0.4, 0.5) is 13.2 Å². The molecule has 0 aliphatic carbocycles. The van der Waals surface area contributed by atoms with Crippen molar-refractivity contribution in [3.05, 3.63) is 0 Å². The molecule has 0 aromatic heterocycles. The summed E-state index contributed by atoms with van der Waals surface area (Å²) in [5.41, 5.74) is 0. The molecule has 2 aliphatic rings. The Labute approximate surface area is 149 Å². The molecule has 1 unspecified atom stereocenters. The second-order valence-electron chi connectivity index (χ2n) is 7.00. The number of hydrogen-bond acceptors (Lipinski definition) is 3. The fourth-order valence-electron chi connectivity index (χ4n) is 3.52. The molecule has 2 fully saturated rings. The van der Waals surface area contributed by atoms with Gasteiger partial charge in [-0.05, 0) is 39.3 Å². The normalized spacial score (nSPS) is 24.3. The van der Waals surface area contributed by atoms with Crippen molar-refractivity contribution in [3.8, 4) is 0 Å². The number of guanidine groups is 1. The standard InChI is InChI=1S/C17H32F3N5/c1-2-21-16(22-8-12-24-9-5-3-4-6-10-24)23-15-7-11-25(13-15)14-17(18,19)20/h15H,2-14H2,1H3,(H2,21,22,23). The van der Waals surface area contributed by atoms with E-state index in [4.69, 9.17) is 0 Å². The second-order valence-corrected chi connectivity index (χ2v) is 7.00. The molecule has 0 amide bonds. The molecule has 2 heterocycles. The van der Waals surface area contributed by atoms with Crippen LogP contribution in [0.3, 0.4) is 0 Å². The van der Waals surface area contributed by atoms with Crippen molar-refractivity contribution in [3.63, 3.8) is 0 Å². The molecule has 8 heteroatoms. The number of alkyl halides is 3. The zero-order valence-electron chi connectivity index (χ0n) is 15.2. The molecule has 0 radical (unpaired) electrons. The molecule has 0 saturated carbocycles. The fraction of sp³-hybridized carbons (Fsp3) is 0.941. The first-order valence-electron chi connectivity index (χ1n) is 9.52. The van der Waals surface area contributed by atoms with E-state index in [1.165, 1.54) is 30.6 Å². The highest BCUT2D eigenvalue weighted by molar-refractivity contribution is 5.80. The maximum atomic E-state index is 12.5. The van der Waals surface area contributed by atoms with Gasteiger partial charge in [-0.3, -0.25) is 9.89 Å². The van der Waals surface area contributed by atoms with Gasteiger partial charge in [0.2, 0.25) is 0 Å². The number of aliphatic imine (C=N–C) groups is 1. The third-order valence-corrected chi connectivity index (χ3v) is 4.75. The minimum absolute atomic E-state index is 0.0262. The van der Waals surface area contributed by atoms with Crippen LogP contribution in [-0.4, -0.2) is 80.3 Å². The summed E-state index contributed by atoms with van der Waals surface area (Å²) in [6.07, 6.45) is 1.76. The SMILES string of the molecule is CCNC(=NCCN1CCCCCC1)NC1CCN(CC(F)(F)F)C1. The van der Waals surface area contributed by atoms with Crippen LogP contribution in [0.25, 0.3) is 0 Å². The number of rotatable bonds is 6. The van der Waals surface area contributed by atoms with Crippen LogP contribution in [0.2, 0.25) is 0 Å². The maximum Gasteiger partial charge on any atom is 0.401 e. The van der Waals surface area contributed by atoms with Crippen molar-refractivity contribution < 1.29 is 13.2 Å². The topological polar surface area (TPSA) is 42.9 Å². The average molecular weight is 363 g/mol. The monoisotopic (exact) mass is 363 g/mol. The molecular weight excluding hydrogens is 331 g/mol. The maximum absolute atomic E-state index is 12.5. The molecule has 2 N–H and O–H groups in total. The Bertz CT molecular complexity index is 406. The number of nitrogens with zero attached hydrogens (tertiary/aromatic N) is 3. The summed E-state index contributed by atoms with van der Waals surface area (Å²) >= 11 is 0. The third kappa shape index (κ3) is 8.27. The molecule has 0 aromatic carbocycles. The van der Waals surface area contributed by atoms with E-state index in [2.05, 4.69) is 20.5 Å². The Morgan fingerprint density at radius 1 is 1.08 bits per heavy atom. The lowest BCUT2D eigenvalue weighted by molar-refractivity contribution is -0.143. The van der Waals surface area contributed by atoms with E-state index in [-0.39, 0.29) is 6.04 Å². The molecule has 25 heavy (non-hydrogen) atoms. The highest BCUT2D eigenvalue weighted by Crippen LogP contribution is 2.19. The van der Waals surface area contributed by atoms with E-state index < -0.39 is 12.7 Å². The van der Waals surface area contributed by atoms with Gasteiger partial charge in [-0.25, -0.2) is 0 Å². The van der Waals surface area contributed by atoms with Crippen molar-refractivity contribution >= 4 is 5.96 Å². The van der Waals surface area contributed by atoms with Crippen LogP contribution < -0.4 is 10.6 Å². The van der Waals surface area contributed by atoms with Gasteiger partial charge in [0, 0.05) is 32.2 Å². The number of nitrogens with one attached hydrogen (secondary N) is 2. The van der Waals surface area contributed by atoms with E-state index in [0.29, 0.717) is 26.1 Å². The summed E-state index contributed by atoms with van der Waals surface area (Å²) in [6.45, 7) is 6.76. The Kier molecular flexibility index (Phi) is 8.29. The van der Waals surface area contributed by atoms with Gasteiger partial charge in [-0.15, -0.1) is 0 Å². The van der Waals surface area contributed by atoms with Crippen molar-refractivity contribution in [2.24, 2.45) is 4.99 Å². The van der Waals surface area contributed by atoms with Crippen molar-refractivity contribution in [2.45, 2.75) is 51.2 Å². The summed E-state index contributed by atoms with van der Waals surface area (Å²) < 4.78 is 37.5. The second kappa shape index (κ2) is 10.2. The predicted molar refractivity (Wildman–Crippen MR) is 94.9 cm³/mol. The highest BCUT2D eigenvalue weighted by atomic mass is 19.4. The summed E-state index contributed by atoms with van der Waals surface area (Å²) in [7, 11) is 0. The van der Waals surface area contributed by atoms with Gasteiger partial charge in [0.25, 0.3) is 0 Å². The fourth-order valence-corrected chi connectivity index (χ4v) is 3.52. The highest BCUT2D eigenvalue weighted by Gasteiger charge is 2.34. The molecule has 2 rings (SSSR count). The van der Waals surface area contributed by atoms with Crippen LogP contribution in [0, 0.1) is 0 Å². The third-order valence-electron chi connectivity index (χ3n) is 4.75. The summed E-state index contributed by atoms with van der Waals surface area (Å²) in [6, 6.07) is 0.0262. The van der Waals surface area contributed by atoms with Gasteiger partial charge >= 0.3 is 6.18 Å². The minimum atomic E-state index is -4.12. The predicted octanol–water partition coefficient (Wildman–Crippen LogP) is 2.05. The quantitative estimate of drug-likeness (QED) is 0.560. The van der Waals surface area contributed by atoms with E-state index in [1.54, 1.807) is 0 Å². The van der Waals surface area contributed by atoms with Crippen LogP contribution in [0.1, 0.15) is 39.0 Å². The first-order valence-corrected chi connectivity index (χ1v) is 9.52. The lowest BCUT2D eigenvalue weighted by Gasteiger charge is -2.21. The van der Waals surface area contributed by atoms with E-state index in [9.17, 15) is 13.2 Å². The van der Waals surface area contributed by atoms with Crippen molar-refractivity contribution in [1.29, 1.82) is 0 Å². The largest absolute Gasteiger partial charge is 0.401 e. The van der Waals surface area contributed by atoms with Gasteiger partial charge in [-0.1, -0.05) is 12.8 Å². The van der Waals surface area contributed by atoms with Gasteiger partial charge in [-0.2, -0.15) is 13.2 Å². The smallest absolute Gasteiger partial charge is 0.357 e. The van der Waals surface area contributed by atoms with Gasteiger partial charge in [0.1, 0.15) is 0 Å². The van der Waals surface area contributed by atoms with E-state index >= 15 is 0 Å². The van der Waals surface area contributed by atoms with Crippen molar-refractivity contribution in [1.82, 2.24) is 20.4 Å². The molecule has 0 spiro atoms. The Hall–Kier alpha value is -1.02. The summed E-state index contributed by atoms with van der Waals surface area (Å²) in [5, 5.41) is 6.50. The van der Waals surface area contributed by atoms with Crippen molar-refractivity contribution in [2.75, 3.05) is 52.4 Å². The van der Waals surface area contributed by atoms with Crippen LogP contribution in [0.5, 0.6) is 0 Å². The molecule has 0 aromatic rings.